The number of aliphatic hydroxyl groups excluding tert-OH is 1. The zero-order valence-electron chi connectivity index (χ0n) is 12.3. The molecule has 114 valence electrons. The molecule has 0 bridgehead atoms. The lowest BCUT2D eigenvalue weighted by atomic mass is 9.76. The fourth-order valence-corrected chi connectivity index (χ4v) is 3.02. The third kappa shape index (κ3) is 2.20. The van der Waals surface area contributed by atoms with E-state index >= 15 is 4.39 Å². The van der Waals surface area contributed by atoms with E-state index < -0.39 is 23.7 Å². The number of aliphatic hydroxyl groups is 1. The maximum Gasteiger partial charge on any atom is 0.266 e. The van der Waals surface area contributed by atoms with Gasteiger partial charge in [-0.25, -0.2) is 4.39 Å². The van der Waals surface area contributed by atoms with Crippen LogP contribution in [0.25, 0.3) is 0 Å². The summed E-state index contributed by atoms with van der Waals surface area (Å²) >= 11 is 0. The van der Waals surface area contributed by atoms with E-state index in [1.54, 1.807) is 24.3 Å². The van der Waals surface area contributed by atoms with Crippen molar-refractivity contribution in [3.63, 3.8) is 0 Å². The predicted octanol–water partition coefficient (Wildman–Crippen LogP) is 2.86. The fourth-order valence-electron chi connectivity index (χ4n) is 3.02. The van der Waals surface area contributed by atoms with E-state index in [1.807, 2.05) is 36.4 Å². The van der Waals surface area contributed by atoms with E-state index in [4.69, 9.17) is 0 Å². The number of carbonyl (C=O) groups is 1. The summed E-state index contributed by atoms with van der Waals surface area (Å²) in [6, 6.07) is 17.7. The van der Waals surface area contributed by atoms with Gasteiger partial charge in [-0.3, -0.25) is 4.79 Å². The molecule has 2 aromatic carbocycles. The number of alkyl halides is 1. The van der Waals surface area contributed by atoms with Crippen LogP contribution in [0.2, 0.25) is 0 Å². The molecule has 1 amide bonds. The molecule has 1 fully saturated rings. The first-order chi connectivity index (χ1) is 10.5. The summed E-state index contributed by atoms with van der Waals surface area (Å²) in [5, 5.41) is 9.79. The van der Waals surface area contributed by atoms with E-state index in [1.165, 1.54) is 11.8 Å². The third-order valence-electron chi connectivity index (χ3n) is 4.22. The Morgan fingerprint density at radius 3 is 2.23 bits per heavy atom. The highest BCUT2D eigenvalue weighted by molar-refractivity contribution is 5.94. The van der Waals surface area contributed by atoms with Gasteiger partial charge in [0.15, 0.2) is 0 Å². The first-order valence-corrected chi connectivity index (χ1v) is 7.32. The molecule has 22 heavy (non-hydrogen) atoms. The van der Waals surface area contributed by atoms with E-state index in [9.17, 15) is 9.90 Å². The highest BCUT2D eigenvalue weighted by Gasteiger charge is 2.65. The highest BCUT2D eigenvalue weighted by Crippen LogP contribution is 2.48. The van der Waals surface area contributed by atoms with E-state index in [2.05, 4.69) is 0 Å². The average molecular weight is 299 g/mol. The number of benzene rings is 2. The first kappa shape index (κ1) is 14.7. The number of hydrogen-bond acceptors (Lipinski definition) is 2. The molecule has 1 saturated heterocycles. The molecule has 0 radical (unpaired) electrons. The highest BCUT2D eigenvalue weighted by atomic mass is 19.1. The van der Waals surface area contributed by atoms with Crippen LogP contribution in [0.5, 0.6) is 0 Å². The lowest BCUT2D eigenvalue weighted by Gasteiger charge is -2.52. The molecule has 1 unspecified atom stereocenters. The van der Waals surface area contributed by atoms with Crippen molar-refractivity contribution in [3.05, 3.63) is 71.8 Å². The minimum Gasteiger partial charge on any atom is -0.389 e. The Hall–Kier alpha value is -2.20. The van der Waals surface area contributed by atoms with Gasteiger partial charge in [0.2, 0.25) is 5.67 Å². The average Bonchev–Trinajstić information content (AvgIpc) is 2.55. The number of rotatable bonds is 4. The monoisotopic (exact) mass is 299 g/mol. The molecule has 1 aliphatic rings. The van der Waals surface area contributed by atoms with Crippen LogP contribution >= 0.6 is 0 Å². The smallest absolute Gasteiger partial charge is 0.266 e. The summed E-state index contributed by atoms with van der Waals surface area (Å²) in [6.45, 7) is 1.66. The molecule has 0 saturated carbocycles. The van der Waals surface area contributed by atoms with Crippen molar-refractivity contribution in [1.82, 2.24) is 4.90 Å². The predicted molar refractivity (Wildman–Crippen MR) is 81.7 cm³/mol. The van der Waals surface area contributed by atoms with Crippen LogP contribution in [-0.2, 0) is 11.3 Å². The second-order valence-corrected chi connectivity index (χ2v) is 5.68. The number of nitrogens with zero attached hydrogens (tertiary/aromatic N) is 1. The summed E-state index contributed by atoms with van der Waals surface area (Å²) in [7, 11) is 0. The van der Waals surface area contributed by atoms with Gasteiger partial charge in [-0.1, -0.05) is 60.7 Å². The summed E-state index contributed by atoms with van der Waals surface area (Å²) in [6.07, 6.45) is -1.35. The van der Waals surface area contributed by atoms with Gasteiger partial charge in [0.05, 0.1) is 6.10 Å². The summed E-state index contributed by atoms with van der Waals surface area (Å²) in [5.74, 6) is -0.653. The molecule has 0 spiro atoms. The number of β-lactam (4-membered cyclic amide) rings is 1. The van der Waals surface area contributed by atoms with Gasteiger partial charge in [-0.15, -0.1) is 0 Å². The number of hydrogen-bond donors (Lipinski definition) is 1. The number of amides is 1. The Labute approximate surface area is 129 Å². The molecule has 2 aromatic rings. The van der Waals surface area contributed by atoms with E-state index in [-0.39, 0.29) is 0 Å². The third-order valence-corrected chi connectivity index (χ3v) is 4.22. The molecular weight excluding hydrogens is 281 g/mol. The van der Waals surface area contributed by atoms with Crippen molar-refractivity contribution in [3.8, 4) is 0 Å². The molecular formula is C18H18FNO2. The molecule has 1 aliphatic heterocycles. The SMILES string of the molecule is CC(O)[C@]1(F)C(=O)N(Cc2ccccc2)[C@H]1c1ccccc1. The minimum absolute atomic E-state index is 0.331. The van der Waals surface area contributed by atoms with Crippen molar-refractivity contribution in [1.29, 1.82) is 0 Å². The van der Waals surface area contributed by atoms with Gasteiger partial charge in [0, 0.05) is 6.54 Å². The molecule has 3 nitrogen and oxygen atoms in total. The topological polar surface area (TPSA) is 40.5 Å². The van der Waals surface area contributed by atoms with E-state index in [0.717, 1.165) is 5.56 Å². The summed E-state index contributed by atoms with van der Waals surface area (Å²) < 4.78 is 15.1. The molecule has 1 N–H and O–H groups in total. The number of likely N-dealkylation sites (tertiary alicyclic amines) is 1. The molecule has 0 aliphatic carbocycles. The minimum atomic E-state index is -2.25. The Balaban J connectivity index is 1.94. The van der Waals surface area contributed by atoms with Crippen LogP contribution < -0.4 is 0 Å². The van der Waals surface area contributed by atoms with Gasteiger partial charge in [0.25, 0.3) is 5.91 Å². The van der Waals surface area contributed by atoms with Crippen LogP contribution in [-0.4, -0.2) is 27.7 Å². The van der Waals surface area contributed by atoms with Gasteiger partial charge >= 0.3 is 0 Å². The first-order valence-electron chi connectivity index (χ1n) is 7.32. The number of halogens is 1. The Bertz CT molecular complexity index is 659. The fraction of sp³-hybridized carbons (Fsp3) is 0.278. The van der Waals surface area contributed by atoms with Gasteiger partial charge < -0.3 is 10.0 Å². The Morgan fingerprint density at radius 1 is 1.14 bits per heavy atom. The quantitative estimate of drug-likeness (QED) is 0.882. The van der Waals surface area contributed by atoms with Crippen LogP contribution in [0.1, 0.15) is 24.1 Å². The van der Waals surface area contributed by atoms with Crippen LogP contribution in [0.3, 0.4) is 0 Å². The lowest BCUT2D eigenvalue weighted by Crippen LogP contribution is -2.69. The maximum atomic E-state index is 15.1. The van der Waals surface area contributed by atoms with E-state index in [0.29, 0.717) is 12.1 Å². The second kappa shape index (κ2) is 5.54. The molecule has 4 heteroatoms. The number of carbonyl (C=O) groups excluding carboxylic acids is 1. The largest absolute Gasteiger partial charge is 0.389 e. The molecule has 3 atom stereocenters. The second-order valence-electron chi connectivity index (χ2n) is 5.68. The normalized spacial score (nSPS) is 25.7. The zero-order valence-corrected chi connectivity index (χ0v) is 12.3. The van der Waals surface area contributed by atoms with Gasteiger partial charge in [-0.05, 0) is 18.1 Å². The van der Waals surface area contributed by atoms with Gasteiger partial charge in [0.1, 0.15) is 6.04 Å². The molecule has 1 heterocycles. The maximum absolute atomic E-state index is 15.1. The van der Waals surface area contributed by atoms with Crippen molar-refractivity contribution < 1.29 is 14.3 Å². The van der Waals surface area contributed by atoms with Crippen LogP contribution in [0.15, 0.2) is 60.7 Å². The standard InChI is InChI=1S/C18H18FNO2/c1-13(21)18(19)16(15-10-6-3-7-11-15)20(17(18)22)12-14-8-4-2-5-9-14/h2-11,13,16,21H,12H2,1H3/t13?,16-,18+/m0/s1. The van der Waals surface area contributed by atoms with Crippen molar-refractivity contribution in [2.75, 3.05) is 0 Å². The zero-order chi connectivity index (χ0) is 15.7. The van der Waals surface area contributed by atoms with Crippen LogP contribution in [0.4, 0.5) is 4.39 Å². The molecule has 3 rings (SSSR count). The lowest BCUT2D eigenvalue weighted by molar-refractivity contribution is -0.194. The Morgan fingerprint density at radius 2 is 1.68 bits per heavy atom. The molecule has 0 aromatic heterocycles. The van der Waals surface area contributed by atoms with Crippen molar-refractivity contribution in [2.45, 2.75) is 31.3 Å². The summed E-state index contributed by atoms with van der Waals surface area (Å²) in [4.78, 5) is 13.8. The summed E-state index contributed by atoms with van der Waals surface area (Å²) in [5.41, 5.74) is -0.623. The van der Waals surface area contributed by atoms with Gasteiger partial charge in [-0.2, -0.15) is 0 Å². The van der Waals surface area contributed by atoms with Crippen LogP contribution in [0, 0.1) is 0 Å². The van der Waals surface area contributed by atoms with Crippen molar-refractivity contribution in [2.24, 2.45) is 0 Å². The van der Waals surface area contributed by atoms with Crippen molar-refractivity contribution >= 4 is 5.91 Å². The Kier molecular flexibility index (Phi) is 3.71.